The lowest BCUT2D eigenvalue weighted by Crippen LogP contribution is -2.30. The smallest absolute Gasteiger partial charge is 0.462 e. The van der Waals surface area contributed by atoms with Crippen molar-refractivity contribution >= 4 is 39.5 Å². The lowest BCUT2D eigenvalue weighted by Gasteiger charge is -2.21. The fourth-order valence-corrected chi connectivity index (χ4v) is 11.8. The normalized spacial score (nSPS) is 14.5. The summed E-state index contributed by atoms with van der Waals surface area (Å²) in [6, 6.07) is 0. The first-order valence-corrected chi connectivity index (χ1v) is 41.5. The zero-order chi connectivity index (χ0) is 71.8. The highest BCUT2D eigenvalue weighted by Gasteiger charge is 2.30. The van der Waals surface area contributed by atoms with E-state index in [1.54, 1.807) is 0 Å². The van der Waals surface area contributed by atoms with Crippen molar-refractivity contribution in [3.63, 3.8) is 0 Å². The first-order valence-electron chi connectivity index (χ1n) is 38.5. The second-order valence-corrected chi connectivity index (χ2v) is 28.4. The Morgan fingerprint density at radius 3 is 0.857 bits per heavy atom. The highest BCUT2D eigenvalue weighted by atomic mass is 31.2. The maximum Gasteiger partial charge on any atom is 0.472 e. The third-order valence-electron chi connectivity index (χ3n) is 16.0. The van der Waals surface area contributed by atoms with Crippen LogP contribution >= 0.6 is 15.6 Å². The standard InChI is InChI=1S/C79H138O17P2/c1-5-9-13-17-21-25-29-33-35-36-38-42-44-48-52-56-60-64-77(82)90-70-75(96-79(84)66-62-58-54-50-46-40-32-28-24-20-16-12-8-4)72-94-98(87,88)92-68-73(80)67-91-97(85,86)93-71-74(95-78(83)65-61-57-53-49-45-39-31-27-23-19-15-11-7-3)69-89-76(81)63-59-55-51-47-43-41-37-34-30-26-22-18-14-10-6-2/h9-10,13-14,16,20-22,25-26,28,32-35,37,73-75,80H,5-8,11-12,15,17-19,23-24,27,29-31,36,38-72H2,1-4H3,(H,85,86)(H,87,88)/b13-9-,14-10-,20-16-,25-21-,26-22-,32-28-,35-33-,37-34-. The van der Waals surface area contributed by atoms with Gasteiger partial charge in [0.15, 0.2) is 12.2 Å². The molecule has 0 bridgehead atoms. The minimum atomic E-state index is -4.98. The van der Waals surface area contributed by atoms with E-state index in [9.17, 15) is 43.2 Å². The molecule has 0 saturated carbocycles. The van der Waals surface area contributed by atoms with Crippen LogP contribution in [0.1, 0.15) is 323 Å². The first kappa shape index (κ1) is 94.0. The Balaban J connectivity index is 5.34. The summed E-state index contributed by atoms with van der Waals surface area (Å²) in [5, 5.41) is 10.6. The fourth-order valence-electron chi connectivity index (χ4n) is 10.2. The van der Waals surface area contributed by atoms with E-state index in [0.29, 0.717) is 25.7 Å². The van der Waals surface area contributed by atoms with Crippen molar-refractivity contribution in [2.45, 2.75) is 341 Å². The molecular formula is C79H138O17P2. The second kappa shape index (κ2) is 71.4. The number of phosphoric ester groups is 2. The van der Waals surface area contributed by atoms with Gasteiger partial charge in [-0.25, -0.2) is 9.13 Å². The van der Waals surface area contributed by atoms with Crippen LogP contribution in [0.4, 0.5) is 0 Å². The van der Waals surface area contributed by atoms with E-state index in [1.165, 1.54) is 51.4 Å². The number of hydrogen-bond donors (Lipinski definition) is 3. The SMILES string of the molecule is CC/C=C\C/C=C\C/C=C\CCCCCCCCCC(=O)OCC(COP(=O)(O)OCC(O)COP(=O)(O)OCC(COC(=O)CCCCCCC/C=C\C/C=C\C/C=C\CC)OC(=O)CCCCCCCCCCCCCCC)OC(=O)CCCCCCC/C=C\C/C=C\CCC. The van der Waals surface area contributed by atoms with Crippen molar-refractivity contribution < 1.29 is 80.2 Å². The fraction of sp³-hybridized carbons (Fsp3) is 0.747. The number of carbonyl (C=O) groups is 4. The van der Waals surface area contributed by atoms with Crippen molar-refractivity contribution in [2.75, 3.05) is 39.6 Å². The van der Waals surface area contributed by atoms with Gasteiger partial charge in [0, 0.05) is 25.7 Å². The average Bonchev–Trinajstić information content (AvgIpc) is 0.969. The molecule has 0 aliphatic carbocycles. The third kappa shape index (κ3) is 70.4. The molecule has 0 spiro atoms. The number of allylic oxidation sites excluding steroid dienone is 16. The largest absolute Gasteiger partial charge is 0.472 e. The number of esters is 4. The van der Waals surface area contributed by atoms with Gasteiger partial charge in [-0.05, 0) is 116 Å². The van der Waals surface area contributed by atoms with Gasteiger partial charge >= 0.3 is 39.5 Å². The maximum absolute atomic E-state index is 13.1. The molecule has 0 saturated heterocycles. The molecule has 0 aromatic carbocycles. The van der Waals surface area contributed by atoms with Gasteiger partial charge in [0.1, 0.15) is 19.3 Å². The number of rotatable bonds is 72. The van der Waals surface area contributed by atoms with Crippen molar-refractivity contribution in [1.29, 1.82) is 0 Å². The van der Waals surface area contributed by atoms with E-state index >= 15 is 0 Å². The topological polar surface area (TPSA) is 237 Å². The Morgan fingerprint density at radius 2 is 0.551 bits per heavy atom. The molecule has 0 aliphatic rings. The van der Waals surface area contributed by atoms with Crippen molar-refractivity contribution in [1.82, 2.24) is 0 Å². The van der Waals surface area contributed by atoms with E-state index < -0.39 is 97.5 Å². The number of carbonyl (C=O) groups excluding carboxylic acids is 4. The number of ether oxygens (including phenoxy) is 4. The van der Waals surface area contributed by atoms with Crippen LogP contribution in [0, 0.1) is 0 Å². The van der Waals surface area contributed by atoms with Gasteiger partial charge in [0.05, 0.1) is 26.4 Å². The summed E-state index contributed by atoms with van der Waals surface area (Å²) < 4.78 is 68.5. The Hall–Kier alpha value is -4.02. The van der Waals surface area contributed by atoms with Gasteiger partial charge in [0.2, 0.25) is 0 Å². The summed E-state index contributed by atoms with van der Waals surface area (Å²) in [4.78, 5) is 72.9. The van der Waals surface area contributed by atoms with Gasteiger partial charge in [-0.15, -0.1) is 0 Å². The van der Waals surface area contributed by atoms with Gasteiger partial charge in [-0.3, -0.25) is 37.3 Å². The monoisotopic (exact) mass is 1420 g/mol. The Bertz CT molecular complexity index is 2240. The van der Waals surface area contributed by atoms with Crippen LogP contribution < -0.4 is 0 Å². The molecule has 0 aromatic heterocycles. The quantitative estimate of drug-likeness (QED) is 0.0169. The molecule has 0 aromatic rings. The van der Waals surface area contributed by atoms with Crippen LogP contribution in [0.5, 0.6) is 0 Å². The summed E-state index contributed by atoms with van der Waals surface area (Å²) in [6.07, 6.45) is 73.9. The molecule has 0 aliphatic heterocycles. The number of aliphatic hydroxyl groups excluding tert-OH is 1. The highest BCUT2D eigenvalue weighted by Crippen LogP contribution is 2.45. The van der Waals surface area contributed by atoms with Gasteiger partial charge in [0.25, 0.3) is 0 Å². The Kier molecular flexibility index (Phi) is 68.4. The third-order valence-corrected chi connectivity index (χ3v) is 17.9. The molecule has 17 nitrogen and oxygen atoms in total. The van der Waals surface area contributed by atoms with E-state index in [-0.39, 0.29) is 25.7 Å². The molecule has 0 rings (SSSR count). The molecule has 0 radical (unpaired) electrons. The molecule has 0 fully saturated rings. The van der Waals surface area contributed by atoms with Crippen molar-refractivity contribution in [3.05, 3.63) is 97.2 Å². The number of aliphatic hydroxyl groups is 1. The maximum atomic E-state index is 13.1. The number of phosphoric acid groups is 2. The molecule has 98 heavy (non-hydrogen) atoms. The zero-order valence-corrected chi connectivity index (χ0v) is 63.5. The molecule has 3 N–H and O–H groups in total. The highest BCUT2D eigenvalue weighted by molar-refractivity contribution is 7.47. The van der Waals surface area contributed by atoms with Crippen molar-refractivity contribution in [2.24, 2.45) is 0 Å². The molecule has 5 unspecified atom stereocenters. The van der Waals surface area contributed by atoms with Gasteiger partial charge < -0.3 is 33.8 Å². The van der Waals surface area contributed by atoms with E-state index in [0.717, 1.165) is 193 Å². The minimum Gasteiger partial charge on any atom is -0.462 e. The molecule has 19 heteroatoms. The molecule has 0 heterocycles. The molecular weight excluding hydrogens is 1280 g/mol. The second-order valence-electron chi connectivity index (χ2n) is 25.5. The van der Waals surface area contributed by atoms with Crippen LogP contribution in [0.15, 0.2) is 97.2 Å². The molecule has 0 amide bonds. The summed E-state index contributed by atoms with van der Waals surface area (Å²) in [5.41, 5.74) is 0. The Morgan fingerprint density at radius 1 is 0.296 bits per heavy atom. The van der Waals surface area contributed by atoms with Crippen LogP contribution in [0.3, 0.4) is 0 Å². The van der Waals surface area contributed by atoms with Crippen LogP contribution in [-0.4, -0.2) is 96.7 Å². The first-order chi connectivity index (χ1) is 47.7. The van der Waals surface area contributed by atoms with Crippen LogP contribution in [0.25, 0.3) is 0 Å². The predicted octanol–water partition coefficient (Wildman–Crippen LogP) is 22.0. The summed E-state index contributed by atoms with van der Waals surface area (Å²) in [5.74, 6) is -2.20. The van der Waals surface area contributed by atoms with E-state index in [4.69, 9.17) is 37.0 Å². The summed E-state index contributed by atoms with van der Waals surface area (Å²) in [6.45, 7) is 4.57. The summed E-state index contributed by atoms with van der Waals surface area (Å²) in [7, 11) is -9.95. The number of hydrogen-bond acceptors (Lipinski definition) is 15. The van der Waals surface area contributed by atoms with Gasteiger partial charge in [-0.2, -0.15) is 0 Å². The lowest BCUT2D eigenvalue weighted by atomic mass is 10.0. The minimum absolute atomic E-state index is 0.0765. The lowest BCUT2D eigenvalue weighted by molar-refractivity contribution is -0.161. The van der Waals surface area contributed by atoms with Crippen LogP contribution in [-0.2, 0) is 65.4 Å². The van der Waals surface area contributed by atoms with E-state index in [2.05, 4.69) is 125 Å². The summed E-state index contributed by atoms with van der Waals surface area (Å²) >= 11 is 0. The van der Waals surface area contributed by atoms with E-state index in [1.807, 2.05) is 0 Å². The van der Waals surface area contributed by atoms with Gasteiger partial charge in [-0.1, -0.05) is 279 Å². The number of unbranched alkanes of at least 4 members (excludes halogenated alkanes) is 30. The molecule has 566 valence electrons. The predicted molar refractivity (Wildman–Crippen MR) is 399 cm³/mol. The molecule has 5 atom stereocenters. The average molecular weight is 1420 g/mol. The van der Waals surface area contributed by atoms with Crippen molar-refractivity contribution in [3.8, 4) is 0 Å². The Labute approximate surface area is 595 Å². The van der Waals surface area contributed by atoms with Crippen LogP contribution in [0.2, 0.25) is 0 Å². The zero-order valence-electron chi connectivity index (χ0n) is 61.7.